The summed E-state index contributed by atoms with van der Waals surface area (Å²) in [6.45, 7) is 5.95. The number of aromatic amines is 1. The molecule has 1 aromatic carbocycles. The average Bonchev–Trinajstić information content (AvgIpc) is 3.31. The number of aromatic nitrogens is 3. The molecule has 1 amide bonds. The highest BCUT2D eigenvalue weighted by Crippen LogP contribution is 2.26. The number of nitrogens with one attached hydrogen (secondary N) is 2. The van der Waals surface area contributed by atoms with E-state index in [1.807, 2.05) is 32.9 Å². The monoisotopic (exact) mass is 410 g/mol. The molecule has 2 heterocycles. The number of nitrogens with zero attached hydrogens (tertiary/aromatic N) is 2. The molecule has 1 atom stereocenters. The third-order valence-corrected chi connectivity index (χ3v) is 6.49. The van der Waals surface area contributed by atoms with Crippen molar-refractivity contribution in [2.45, 2.75) is 57.7 Å². The summed E-state index contributed by atoms with van der Waals surface area (Å²) >= 11 is 1.31. The van der Waals surface area contributed by atoms with Crippen LogP contribution in [0.4, 0.5) is 5.69 Å². The molecule has 7 heteroatoms. The van der Waals surface area contributed by atoms with Crippen LogP contribution in [0, 0.1) is 6.92 Å². The molecule has 1 aliphatic rings. The third kappa shape index (κ3) is 3.96. The largest absolute Gasteiger partial charge is 0.353 e. The van der Waals surface area contributed by atoms with E-state index in [0.29, 0.717) is 16.2 Å². The number of anilines is 1. The molecule has 0 bridgehead atoms. The summed E-state index contributed by atoms with van der Waals surface area (Å²) in [4.78, 5) is 33.3. The molecule has 1 aliphatic carbocycles. The van der Waals surface area contributed by atoms with Crippen molar-refractivity contribution in [3.8, 4) is 0 Å². The van der Waals surface area contributed by atoms with E-state index < -0.39 is 0 Å². The Kier molecular flexibility index (Phi) is 5.50. The smallest absolute Gasteiger partial charge is 0.278 e. The number of amides is 1. The quantitative estimate of drug-likeness (QED) is 0.471. The number of hydrogen-bond donors (Lipinski definition) is 2. The molecule has 6 nitrogen and oxygen atoms in total. The molecule has 2 N–H and O–H groups in total. The lowest BCUT2D eigenvalue weighted by molar-refractivity contribution is -0.113. The van der Waals surface area contributed by atoms with Crippen LogP contribution in [0.25, 0.3) is 11.0 Å². The zero-order chi connectivity index (χ0) is 20.5. The molecule has 3 aromatic rings. The van der Waals surface area contributed by atoms with E-state index in [2.05, 4.69) is 27.4 Å². The van der Waals surface area contributed by atoms with Crippen LogP contribution < -0.4 is 10.9 Å². The molecule has 0 aliphatic heterocycles. The Hall–Kier alpha value is -2.54. The number of H-pyrrole nitrogens is 1. The van der Waals surface area contributed by atoms with Crippen molar-refractivity contribution in [1.29, 1.82) is 0 Å². The topological polar surface area (TPSA) is 79.8 Å². The van der Waals surface area contributed by atoms with E-state index >= 15 is 0 Å². The van der Waals surface area contributed by atoms with Crippen LogP contribution in [-0.2, 0) is 17.6 Å². The maximum absolute atomic E-state index is 13.0. The number of fused-ring (bicyclic) bond motifs is 2. The van der Waals surface area contributed by atoms with Gasteiger partial charge in [0, 0.05) is 17.4 Å². The van der Waals surface area contributed by atoms with Gasteiger partial charge >= 0.3 is 0 Å². The van der Waals surface area contributed by atoms with E-state index in [4.69, 9.17) is 0 Å². The number of carbonyl (C=O) groups is 1. The fourth-order valence-corrected chi connectivity index (χ4v) is 4.74. The first-order valence-corrected chi connectivity index (χ1v) is 11.1. The number of aryl methyl sites for hydroxylation is 3. The van der Waals surface area contributed by atoms with Crippen molar-refractivity contribution in [1.82, 2.24) is 14.5 Å². The molecule has 0 radical (unpaired) electrons. The highest BCUT2D eigenvalue weighted by atomic mass is 32.2. The molecular formula is C22H26N4O2S. The Balaban J connectivity index is 1.54. The first kappa shape index (κ1) is 19.8. The van der Waals surface area contributed by atoms with Crippen LogP contribution in [0.5, 0.6) is 0 Å². The number of hydrogen-bond acceptors (Lipinski definition) is 4. The van der Waals surface area contributed by atoms with Crippen LogP contribution in [0.2, 0.25) is 0 Å². The van der Waals surface area contributed by atoms with E-state index in [-0.39, 0.29) is 23.3 Å². The second-order valence-corrected chi connectivity index (χ2v) is 8.66. The zero-order valence-electron chi connectivity index (χ0n) is 17.0. The first-order valence-electron chi connectivity index (χ1n) is 10.1. The van der Waals surface area contributed by atoms with Gasteiger partial charge in [-0.1, -0.05) is 24.8 Å². The van der Waals surface area contributed by atoms with Crippen molar-refractivity contribution in [2.75, 3.05) is 11.1 Å². The standard InChI is InChI=1S/C22H26N4O2S/c1-4-14(3)26-21(28)20-18(10-13(2)23-20)25-22(26)29-12-19(27)24-17-9-8-15-6-5-7-16(15)11-17/h8-11,14,23H,4-7,12H2,1-3H3,(H,24,27)/t14-/m0/s1. The van der Waals surface area contributed by atoms with Crippen molar-refractivity contribution in [3.05, 3.63) is 51.4 Å². The Morgan fingerprint density at radius 2 is 2.10 bits per heavy atom. The predicted molar refractivity (Wildman–Crippen MR) is 118 cm³/mol. The highest BCUT2D eigenvalue weighted by Gasteiger charge is 2.18. The lowest BCUT2D eigenvalue weighted by atomic mass is 10.1. The summed E-state index contributed by atoms with van der Waals surface area (Å²) in [6.07, 6.45) is 4.19. The van der Waals surface area contributed by atoms with Gasteiger partial charge in [0.1, 0.15) is 5.52 Å². The van der Waals surface area contributed by atoms with Gasteiger partial charge in [-0.25, -0.2) is 4.98 Å². The highest BCUT2D eigenvalue weighted by molar-refractivity contribution is 7.99. The normalized spacial score (nSPS) is 14.2. The molecule has 0 spiro atoms. The molecule has 2 aromatic heterocycles. The molecular weight excluding hydrogens is 384 g/mol. The fraction of sp³-hybridized carbons (Fsp3) is 0.409. The maximum Gasteiger partial charge on any atom is 0.278 e. The Labute approximate surface area is 174 Å². The van der Waals surface area contributed by atoms with Gasteiger partial charge in [0.2, 0.25) is 5.91 Å². The number of rotatable bonds is 6. The Morgan fingerprint density at radius 1 is 1.31 bits per heavy atom. The SMILES string of the molecule is CC[C@H](C)n1c(SCC(=O)Nc2ccc3c(c2)CCC3)nc2cc(C)[nH]c2c1=O. The van der Waals surface area contributed by atoms with Crippen molar-refractivity contribution < 1.29 is 4.79 Å². The maximum atomic E-state index is 13.0. The molecule has 0 unspecified atom stereocenters. The zero-order valence-corrected chi connectivity index (χ0v) is 17.9. The van der Waals surface area contributed by atoms with Gasteiger partial charge in [-0.3, -0.25) is 14.2 Å². The molecule has 0 saturated carbocycles. The van der Waals surface area contributed by atoms with Gasteiger partial charge in [0.05, 0.1) is 11.3 Å². The van der Waals surface area contributed by atoms with E-state index in [0.717, 1.165) is 30.6 Å². The summed E-state index contributed by atoms with van der Waals surface area (Å²) in [7, 11) is 0. The molecule has 152 valence electrons. The van der Waals surface area contributed by atoms with Crippen LogP contribution >= 0.6 is 11.8 Å². The Morgan fingerprint density at radius 3 is 2.90 bits per heavy atom. The van der Waals surface area contributed by atoms with Crippen LogP contribution in [0.3, 0.4) is 0 Å². The second-order valence-electron chi connectivity index (χ2n) is 7.71. The van der Waals surface area contributed by atoms with E-state index in [1.165, 1.54) is 29.3 Å². The van der Waals surface area contributed by atoms with E-state index in [9.17, 15) is 9.59 Å². The van der Waals surface area contributed by atoms with Gasteiger partial charge in [-0.15, -0.1) is 0 Å². The minimum atomic E-state index is -0.0942. The minimum Gasteiger partial charge on any atom is -0.353 e. The van der Waals surface area contributed by atoms with Crippen molar-refractivity contribution in [2.24, 2.45) is 0 Å². The second kappa shape index (κ2) is 8.06. The van der Waals surface area contributed by atoms with Crippen LogP contribution in [0.1, 0.15) is 49.6 Å². The van der Waals surface area contributed by atoms with Crippen LogP contribution in [0.15, 0.2) is 34.2 Å². The first-order chi connectivity index (χ1) is 14.0. The van der Waals surface area contributed by atoms with Gasteiger partial charge in [0.25, 0.3) is 5.56 Å². The van der Waals surface area contributed by atoms with E-state index in [1.54, 1.807) is 4.57 Å². The molecule has 29 heavy (non-hydrogen) atoms. The average molecular weight is 411 g/mol. The van der Waals surface area contributed by atoms with Crippen molar-refractivity contribution >= 4 is 34.4 Å². The van der Waals surface area contributed by atoms with Gasteiger partial charge in [0.15, 0.2) is 5.16 Å². The van der Waals surface area contributed by atoms with Crippen molar-refractivity contribution in [3.63, 3.8) is 0 Å². The third-order valence-electron chi connectivity index (χ3n) is 5.53. The molecule has 4 rings (SSSR count). The number of thioether (sulfide) groups is 1. The number of carbonyl (C=O) groups excluding carboxylic acids is 1. The van der Waals surface area contributed by atoms with Crippen LogP contribution in [-0.4, -0.2) is 26.2 Å². The summed E-state index contributed by atoms with van der Waals surface area (Å²) in [5.74, 6) is 0.109. The summed E-state index contributed by atoms with van der Waals surface area (Å²) in [5.41, 5.74) is 5.53. The fourth-order valence-electron chi connectivity index (χ4n) is 3.84. The minimum absolute atomic E-state index is 0.00489. The summed E-state index contributed by atoms with van der Waals surface area (Å²) < 4.78 is 1.70. The lowest BCUT2D eigenvalue weighted by Gasteiger charge is -2.17. The van der Waals surface area contributed by atoms with Gasteiger partial charge < -0.3 is 10.3 Å². The lowest BCUT2D eigenvalue weighted by Crippen LogP contribution is -2.26. The molecule has 0 fully saturated rings. The Bertz CT molecular complexity index is 1130. The van der Waals surface area contributed by atoms with Gasteiger partial charge in [-0.05, 0) is 68.9 Å². The predicted octanol–water partition coefficient (Wildman–Crippen LogP) is 4.22. The summed E-state index contributed by atoms with van der Waals surface area (Å²) in [5, 5.41) is 3.56. The number of benzene rings is 1. The van der Waals surface area contributed by atoms with Gasteiger partial charge in [-0.2, -0.15) is 0 Å². The summed E-state index contributed by atoms with van der Waals surface area (Å²) in [6, 6.07) is 8.02. The molecule has 0 saturated heterocycles.